The molecular weight excluding hydrogens is 368 g/mol. The van der Waals surface area contributed by atoms with Crippen molar-refractivity contribution in [1.82, 2.24) is 9.62 Å². The highest BCUT2D eigenvalue weighted by Crippen LogP contribution is 2.29. The average Bonchev–Trinajstić information content (AvgIpc) is 2.87. The van der Waals surface area contributed by atoms with Crippen LogP contribution < -0.4 is 4.72 Å². The predicted octanol–water partition coefficient (Wildman–Crippen LogP) is 2.93. The van der Waals surface area contributed by atoms with Gasteiger partial charge in [-0.25, -0.2) is 13.1 Å². The fourth-order valence-electron chi connectivity index (χ4n) is 2.08. The molecule has 24 heavy (non-hydrogen) atoms. The number of sulfonamides is 1. The lowest BCUT2D eigenvalue weighted by molar-refractivity contribution is 0.0827. The normalized spacial score (nSPS) is 11.5. The molecular formula is C16H19ClN2O3S2. The molecule has 0 aliphatic heterocycles. The number of aryl methyl sites for hydroxylation is 1. The summed E-state index contributed by atoms with van der Waals surface area (Å²) in [6, 6.07) is 8.75. The number of thiophene rings is 1. The second kappa shape index (κ2) is 7.65. The summed E-state index contributed by atoms with van der Waals surface area (Å²) in [5.41, 5.74) is 2.23. The third-order valence-corrected chi connectivity index (χ3v) is 6.88. The molecule has 0 radical (unpaired) electrons. The van der Waals surface area contributed by atoms with Crippen LogP contribution in [0.5, 0.6) is 0 Å². The molecule has 1 N–H and O–H groups in total. The largest absolute Gasteiger partial charge is 0.345 e. The van der Waals surface area contributed by atoms with E-state index in [0.717, 1.165) is 22.5 Å². The third kappa shape index (κ3) is 4.57. The van der Waals surface area contributed by atoms with E-state index in [1.807, 2.05) is 6.07 Å². The van der Waals surface area contributed by atoms with E-state index in [1.165, 1.54) is 4.90 Å². The van der Waals surface area contributed by atoms with Crippen molar-refractivity contribution in [2.45, 2.75) is 17.6 Å². The third-order valence-electron chi connectivity index (χ3n) is 3.39. The maximum absolute atomic E-state index is 12.2. The van der Waals surface area contributed by atoms with Gasteiger partial charge in [0.25, 0.3) is 5.91 Å². The molecule has 1 aromatic carbocycles. The summed E-state index contributed by atoms with van der Waals surface area (Å²) in [5.74, 6) is -0.0823. The van der Waals surface area contributed by atoms with Gasteiger partial charge in [0.2, 0.25) is 10.0 Å². The number of benzene rings is 1. The Morgan fingerprint density at radius 2 is 2.00 bits per heavy atom. The lowest BCUT2D eigenvalue weighted by Gasteiger charge is -2.11. The predicted molar refractivity (Wildman–Crippen MR) is 97.4 cm³/mol. The van der Waals surface area contributed by atoms with Gasteiger partial charge in [-0.05, 0) is 42.7 Å². The van der Waals surface area contributed by atoms with Gasteiger partial charge in [0, 0.05) is 26.2 Å². The molecule has 0 unspecified atom stereocenters. The van der Waals surface area contributed by atoms with Crippen LogP contribution in [0, 0.1) is 6.92 Å². The molecule has 130 valence electrons. The van der Waals surface area contributed by atoms with Crippen molar-refractivity contribution in [3.05, 3.63) is 51.4 Å². The highest BCUT2D eigenvalue weighted by atomic mass is 35.5. The number of hydrogen-bond donors (Lipinski definition) is 1. The smallest absolute Gasteiger partial charge is 0.253 e. The van der Waals surface area contributed by atoms with Crippen LogP contribution >= 0.6 is 22.9 Å². The topological polar surface area (TPSA) is 66.5 Å². The van der Waals surface area contributed by atoms with E-state index >= 15 is 0 Å². The van der Waals surface area contributed by atoms with E-state index in [-0.39, 0.29) is 16.7 Å². The van der Waals surface area contributed by atoms with Crippen molar-refractivity contribution in [3.8, 4) is 0 Å². The number of nitrogens with zero attached hydrogens (tertiary/aromatic N) is 1. The first-order valence-corrected chi connectivity index (χ1v) is 9.94. The van der Waals surface area contributed by atoms with Crippen LogP contribution in [0.4, 0.5) is 0 Å². The van der Waals surface area contributed by atoms with Crippen LogP contribution in [0.3, 0.4) is 0 Å². The van der Waals surface area contributed by atoms with Gasteiger partial charge >= 0.3 is 0 Å². The van der Waals surface area contributed by atoms with Crippen LogP contribution in [0.15, 0.2) is 34.5 Å². The van der Waals surface area contributed by atoms with Gasteiger partial charge in [-0.2, -0.15) is 0 Å². The monoisotopic (exact) mass is 386 g/mol. The number of carbonyl (C=O) groups excluding carboxylic acids is 1. The van der Waals surface area contributed by atoms with Crippen molar-refractivity contribution in [2.75, 3.05) is 20.6 Å². The number of rotatable bonds is 6. The fraction of sp³-hybridized carbons (Fsp3) is 0.312. The first-order valence-electron chi connectivity index (χ1n) is 7.27. The number of amides is 1. The van der Waals surface area contributed by atoms with E-state index in [4.69, 9.17) is 11.6 Å². The van der Waals surface area contributed by atoms with Crippen LogP contribution in [0.2, 0.25) is 4.34 Å². The number of carbonyl (C=O) groups is 1. The lowest BCUT2D eigenvalue weighted by Crippen LogP contribution is -2.25. The number of halogens is 1. The highest BCUT2D eigenvalue weighted by molar-refractivity contribution is 7.91. The van der Waals surface area contributed by atoms with Gasteiger partial charge in [0.1, 0.15) is 4.21 Å². The molecule has 5 nitrogen and oxygen atoms in total. The Labute approximate surface area is 151 Å². The van der Waals surface area contributed by atoms with Gasteiger partial charge in [-0.15, -0.1) is 11.3 Å². The van der Waals surface area contributed by atoms with E-state index in [1.54, 1.807) is 45.3 Å². The zero-order chi connectivity index (χ0) is 17.9. The van der Waals surface area contributed by atoms with E-state index < -0.39 is 10.0 Å². The number of nitrogens with one attached hydrogen (secondary N) is 1. The molecule has 1 heterocycles. The van der Waals surface area contributed by atoms with Gasteiger partial charge in [-0.3, -0.25) is 4.79 Å². The van der Waals surface area contributed by atoms with E-state index in [0.29, 0.717) is 16.3 Å². The molecule has 2 aromatic rings. The Balaban J connectivity index is 2.01. The van der Waals surface area contributed by atoms with Crippen LogP contribution in [-0.4, -0.2) is 39.9 Å². The quantitative estimate of drug-likeness (QED) is 0.830. The summed E-state index contributed by atoms with van der Waals surface area (Å²) in [5, 5.41) is 0. The van der Waals surface area contributed by atoms with Crippen molar-refractivity contribution in [2.24, 2.45) is 0 Å². The Hall–Kier alpha value is -1.41. The molecule has 1 aromatic heterocycles. The standard InChI is InChI=1S/C16H19ClN2O3S2/c1-11-9-14(23-15(11)17)24(21,22)18-8-7-12-5-4-6-13(10-12)16(20)19(2)3/h4-6,9-10,18H,7-8H2,1-3H3. The molecule has 0 bridgehead atoms. The molecule has 0 atom stereocenters. The van der Waals surface area contributed by atoms with Gasteiger partial charge in [0.15, 0.2) is 0 Å². The minimum atomic E-state index is -3.56. The Kier molecular flexibility index (Phi) is 6.03. The first-order chi connectivity index (χ1) is 11.2. The van der Waals surface area contributed by atoms with Crippen molar-refractivity contribution < 1.29 is 13.2 Å². The summed E-state index contributed by atoms with van der Waals surface area (Å²) in [6.45, 7) is 2.02. The maximum Gasteiger partial charge on any atom is 0.253 e. The van der Waals surface area contributed by atoms with Crippen LogP contribution in [-0.2, 0) is 16.4 Å². The van der Waals surface area contributed by atoms with E-state index in [9.17, 15) is 13.2 Å². The molecule has 0 spiro atoms. The molecule has 0 aliphatic carbocycles. The Morgan fingerprint density at radius 1 is 1.29 bits per heavy atom. The molecule has 0 saturated heterocycles. The van der Waals surface area contributed by atoms with Gasteiger partial charge < -0.3 is 4.90 Å². The molecule has 1 amide bonds. The van der Waals surface area contributed by atoms with E-state index in [2.05, 4.69) is 4.72 Å². The first kappa shape index (κ1) is 18.9. The summed E-state index contributed by atoms with van der Waals surface area (Å²) in [6.07, 6.45) is 0.492. The lowest BCUT2D eigenvalue weighted by atomic mass is 10.1. The minimum absolute atomic E-state index is 0.0823. The van der Waals surface area contributed by atoms with Gasteiger partial charge in [0.05, 0.1) is 4.34 Å². The summed E-state index contributed by atoms with van der Waals surface area (Å²) in [7, 11) is -0.180. The highest BCUT2D eigenvalue weighted by Gasteiger charge is 2.18. The van der Waals surface area contributed by atoms with Gasteiger partial charge in [-0.1, -0.05) is 23.7 Å². The van der Waals surface area contributed by atoms with Crippen LogP contribution in [0.25, 0.3) is 0 Å². The SMILES string of the molecule is Cc1cc(S(=O)(=O)NCCc2cccc(C(=O)N(C)C)c2)sc1Cl. The summed E-state index contributed by atoms with van der Waals surface area (Å²) < 4.78 is 27.7. The second-order valence-corrected chi connectivity index (χ2v) is 9.22. The summed E-state index contributed by atoms with van der Waals surface area (Å²) >= 11 is 6.97. The van der Waals surface area contributed by atoms with Crippen LogP contribution in [0.1, 0.15) is 21.5 Å². The van der Waals surface area contributed by atoms with Crippen molar-refractivity contribution >= 4 is 38.9 Å². The Bertz CT molecular complexity index is 825. The maximum atomic E-state index is 12.2. The fourth-order valence-corrected chi connectivity index (χ4v) is 4.87. The Morgan fingerprint density at radius 3 is 2.58 bits per heavy atom. The summed E-state index contributed by atoms with van der Waals surface area (Å²) in [4.78, 5) is 13.5. The molecule has 0 aliphatic rings. The molecule has 8 heteroatoms. The van der Waals surface area contributed by atoms with Crippen molar-refractivity contribution in [1.29, 1.82) is 0 Å². The second-order valence-electron chi connectivity index (χ2n) is 5.57. The average molecular weight is 387 g/mol. The zero-order valence-electron chi connectivity index (χ0n) is 13.7. The minimum Gasteiger partial charge on any atom is -0.345 e. The van der Waals surface area contributed by atoms with Crippen molar-refractivity contribution in [3.63, 3.8) is 0 Å². The molecule has 0 fully saturated rings. The zero-order valence-corrected chi connectivity index (χ0v) is 16.1. The molecule has 2 rings (SSSR count). The molecule has 0 saturated carbocycles. The number of hydrogen-bond acceptors (Lipinski definition) is 4.